The van der Waals surface area contributed by atoms with Crippen LogP contribution in [0.15, 0.2) is 4.52 Å². The van der Waals surface area contributed by atoms with Crippen molar-refractivity contribution in [3.63, 3.8) is 0 Å². The first-order valence-corrected chi connectivity index (χ1v) is 4.01. The summed E-state index contributed by atoms with van der Waals surface area (Å²) in [5, 5.41) is 6.05. The minimum atomic E-state index is -0.305. The molecule has 0 atom stereocenters. The summed E-state index contributed by atoms with van der Waals surface area (Å²) < 4.78 is 10.0. The molecular weight excluding hydrogens is 172 g/mol. The molecule has 13 heavy (non-hydrogen) atoms. The van der Waals surface area contributed by atoms with E-state index in [0.29, 0.717) is 18.1 Å². The van der Waals surface area contributed by atoms with Gasteiger partial charge in [0.25, 0.3) is 5.91 Å². The number of hydrogen-bond donors (Lipinski definition) is 1. The molecule has 1 rings (SSSR count). The van der Waals surface area contributed by atoms with Crippen LogP contribution >= 0.6 is 0 Å². The maximum atomic E-state index is 11.2. The number of ether oxygens (including phenoxy) is 1. The molecule has 0 aromatic carbocycles. The van der Waals surface area contributed by atoms with Crippen molar-refractivity contribution in [1.29, 1.82) is 0 Å². The molecule has 0 saturated heterocycles. The summed E-state index contributed by atoms with van der Waals surface area (Å²) in [6.07, 6.45) is 0. The highest BCUT2D eigenvalue weighted by molar-refractivity contribution is 5.94. The average Bonchev–Trinajstić information content (AvgIpc) is 2.48. The monoisotopic (exact) mass is 184 g/mol. The van der Waals surface area contributed by atoms with Crippen molar-refractivity contribution in [1.82, 2.24) is 10.5 Å². The van der Waals surface area contributed by atoms with Gasteiger partial charge in [-0.05, 0) is 6.92 Å². The lowest BCUT2D eigenvalue weighted by molar-refractivity contribution is 0.0951. The summed E-state index contributed by atoms with van der Waals surface area (Å²) >= 11 is 0. The van der Waals surface area contributed by atoms with Gasteiger partial charge in [0.1, 0.15) is 0 Å². The summed E-state index contributed by atoms with van der Waals surface area (Å²) in [6, 6.07) is 0. The van der Waals surface area contributed by atoms with Gasteiger partial charge in [-0.1, -0.05) is 5.16 Å². The second-order valence-electron chi connectivity index (χ2n) is 2.43. The SMILES string of the molecule is CCOc1c(C(=O)NC)noc1C. The largest absolute Gasteiger partial charge is 0.488 e. The minimum absolute atomic E-state index is 0.196. The van der Waals surface area contributed by atoms with Crippen molar-refractivity contribution in [2.75, 3.05) is 13.7 Å². The highest BCUT2D eigenvalue weighted by atomic mass is 16.5. The van der Waals surface area contributed by atoms with Crippen LogP contribution in [-0.4, -0.2) is 24.7 Å². The smallest absolute Gasteiger partial charge is 0.277 e. The van der Waals surface area contributed by atoms with Crippen LogP contribution in [0.3, 0.4) is 0 Å². The molecule has 1 aromatic rings. The van der Waals surface area contributed by atoms with E-state index in [9.17, 15) is 4.79 Å². The van der Waals surface area contributed by atoms with Crippen LogP contribution in [0.4, 0.5) is 0 Å². The molecule has 0 aliphatic heterocycles. The number of rotatable bonds is 3. The van der Waals surface area contributed by atoms with E-state index in [1.165, 1.54) is 7.05 Å². The maximum absolute atomic E-state index is 11.2. The van der Waals surface area contributed by atoms with Gasteiger partial charge >= 0.3 is 0 Å². The van der Waals surface area contributed by atoms with E-state index in [2.05, 4.69) is 10.5 Å². The van der Waals surface area contributed by atoms with Crippen LogP contribution in [0.2, 0.25) is 0 Å². The number of hydrogen-bond acceptors (Lipinski definition) is 4. The third-order valence-corrected chi connectivity index (χ3v) is 1.54. The number of aromatic nitrogens is 1. The van der Waals surface area contributed by atoms with E-state index in [4.69, 9.17) is 9.26 Å². The number of carbonyl (C=O) groups excluding carboxylic acids is 1. The molecule has 0 aliphatic rings. The van der Waals surface area contributed by atoms with Crippen LogP contribution in [0.25, 0.3) is 0 Å². The van der Waals surface area contributed by atoms with Gasteiger partial charge in [-0.15, -0.1) is 0 Å². The second kappa shape index (κ2) is 3.93. The first-order chi connectivity index (χ1) is 6.20. The van der Waals surface area contributed by atoms with Crippen molar-refractivity contribution in [2.24, 2.45) is 0 Å². The lowest BCUT2D eigenvalue weighted by Crippen LogP contribution is -2.19. The highest BCUT2D eigenvalue weighted by Gasteiger charge is 2.19. The van der Waals surface area contributed by atoms with E-state index in [0.717, 1.165) is 0 Å². The van der Waals surface area contributed by atoms with E-state index in [1.54, 1.807) is 6.92 Å². The summed E-state index contributed by atoms with van der Waals surface area (Å²) in [5.41, 5.74) is 0.196. The lowest BCUT2D eigenvalue weighted by atomic mass is 10.3. The van der Waals surface area contributed by atoms with Crippen LogP contribution in [-0.2, 0) is 0 Å². The zero-order chi connectivity index (χ0) is 9.84. The summed E-state index contributed by atoms with van der Waals surface area (Å²) in [6.45, 7) is 4.01. The van der Waals surface area contributed by atoms with E-state index < -0.39 is 0 Å². The fourth-order valence-electron chi connectivity index (χ4n) is 0.941. The van der Waals surface area contributed by atoms with Gasteiger partial charge in [0.2, 0.25) is 5.69 Å². The number of amides is 1. The Morgan fingerprint density at radius 3 is 2.92 bits per heavy atom. The molecule has 5 nitrogen and oxygen atoms in total. The van der Waals surface area contributed by atoms with Crippen molar-refractivity contribution < 1.29 is 14.1 Å². The molecule has 72 valence electrons. The number of aryl methyl sites for hydroxylation is 1. The molecule has 0 aliphatic carbocycles. The zero-order valence-electron chi connectivity index (χ0n) is 7.88. The van der Waals surface area contributed by atoms with Gasteiger partial charge in [-0.2, -0.15) is 0 Å². The summed E-state index contributed by atoms with van der Waals surface area (Å²) in [7, 11) is 1.53. The van der Waals surface area contributed by atoms with Crippen molar-refractivity contribution in [3.8, 4) is 5.75 Å². The van der Waals surface area contributed by atoms with Gasteiger partial charge in [-0.3, -0.25) is 4.79 Å². The summed E-state index contributed by atoms with van der Waals surface area (Å²) in [4.78, 5) is 11.2. The highest BCUT2D eigenvalue weighted by Crippen LogP contribution is 2.22. The fourth-order valence-corrected chi connectivity index (χ4v) is 0.941. The Morgan fingerprint density at radius 2 is 2.38 bits per heavy atom. The number of nitrogens with zero attached hydrogens (tertiary/aromatic N) is 1. The van der Waals surface area contributed by atoms with Gasteiger partial charge < -0.3 is 14.6 Å². The lowest BCUT2D eigenvalue weighted by Gasteiger charge is -2.01. The Hall–Kier alpha value is -1.52. The molecule has 0 radical (unpaired) electrons. The standard InChI is InChI=1S/C8H12N2O3/c1-4-12-7-5(2)13-10-6(7)8(11)9-3/h4H2,1-3H3,(H,9,11). The Balaban J connectivity index is 2.99. The van der Waals surface area contributed by atoms with Crippen LogP contribution in [0, 0.1) is 6.92 Å². The Morgan fingerprint density at radius 1 is 1.69 bits per heavy atom. The molecule has 0 fully saturated rings. The van der Waals surface area contributed by atoms with E-state index in [1.807, 2.05) is 6.92 Å². The molecule has 0 bridgehead atoms. The number of carbonyl (C=O) groups is 1. The van der Waals surface area contributed by atoms with Gasteiger partial charge in [0.05, 0.1) is 6.61 Å². The molecule has 1 aromatic heterocycles. The van der Waals surface area contributed by atoms with Gasteiger partial charge in [-0.25, -0.2) is 0 Å². The zero-order valence-corrected chi connectivity index (χ0v) is 7.88. The van der Waals surface area contributed by atoms with E-state index in [-0.39, 0.29) is 11.6 Å². The third kappa shape index (κ3) is 1.80. The molecular formula is C8H12N2O3. The Labute approximate surface area is 76.0 Å². The first-order valence-electron chi connectivity index (χ1n) is 4.01. The molecule has 1 heterocycles. The van der Waals surface area contributed by atoms with Crippen molar-refractivity contribution in [3.05, 3.63) is 11.5 Å². The molecule has 0 saturated carbocycles. The predicted octanol–water partition coefficient (Wildman–Crippen LogP) is 0.741. The normalized spacial score (nSPS) is 9.77. The predicted molar refractivity (Wildman–Crippen MR) is 45.8 cm³/mol. The summed E-state index contributed by atoms with van der Waals surface area (Å²) in [5.74, 6) is 0.627. The third-order valence-electron chi connectivity index (χ3n) is 1.54. The average molecular weight is 184 g/mol. The molecule has 1 N–H and O–H groups in total. The van der Waals surface area contributed by atoms with Gasteiger partial charge in [0, 0.05) is 14.0 Å². The maximum Gasteiger partial charge on any atom is 0.277 e. The number of nitrogens with one attached hydrogen (secondary N) is 1. The Bertz CT molecular complexity index is 306. The van der Waals surface area contributed by atoms with Crippen LogP contribution in [0.5, 0.6) is 5.75 Å². The van der Waals surface area contributed by atoms with Crippen LogP contribution in [0.1, 0.15) is 23.2 Å². The molecule has 0 unspecified atom stereocenters. The topological polar surface area (TPSA) is 64.4 Å². The van der Waals surface area contributed by atoms with Crippen LogP contribution < -0.4 is 10.1 Å². The second-order valence-corrected chi connectivity index (χ2v) is 2.43. The minimum Gasteiger partial charge on any atom is -0.488 e. The molecule has 5 heteroatoms. The molecule has 1 amide bonds. The fraction of sp³-hybridized carbons (Fsp3) is 0.500. The Kier molecular flexibility index (Phi) is 2.89. The quantitative estimate of drug-likeness (QED) is 0.752. The van der Waals surface area contributed by atoms with E-state index >= 15 is 0 Å². The first kappa shape index (κ1) is 9.57. The van der Waals surface area contributed by atoms with Crippen molar-refractivity contribution >= 4 is 5.91 Å². The van der Waals surface area contributed by atoms with Gasteiger partial charge in [0.15, 0.2) is 11.5 Å². The molecule has 0 spiro atoms. The van der Waals surface area contributed by atoms with Crippen molar-refractivity contribution in [2.45, 2.75) is 13.8 Å².